The van der Waals surface area contributed by atoms with E-state index in [1.54, 1.807) is 29.7 Å². The molecule has 4 rings (SSSR count). The fraction of sp³-hybridized carbons (Fsp3) is 0.105. The van der Waals surface area contributed by atoms with Crippen molar-refractivity contribution in [3.8, 4) is 21.8 Å². The summed E-state index contributed by atoms with van der Waals surface area (Å²) in [6.07, 6.45) is 2.54. The first-order valence-corrected chi connectivity index (χ1v) is 8.82. The third-order valence-corrected chi connectivity index (χ3v) is 4.85. The van der Waals surface area contributed by atoms with E-state index in [9.17, 15) is 4.39 Å². The highest BCUT2D eigenvalue weighted by Gasteiger charge is 2.09. The van der Waals surface area contributed by atoms with Gasteiger partial charge in [-0.3, -0.25) is 0 Å². The van der Waals surface area contributed by atoms with Crippen molar-refractivity contribution in [1.82, 2.24) is 20.0 Å². The van der Waals surface area contributed by atoms with Crippen LogP contribution in [0.25, 0.3) is 21.8 Å². The molecule has 0 atom stereocenters. The summed E-state index contributed by atoms with van der Waals surface area (Å²) in [6, 6.07) is 16.5. The molecule has 2 aromatic heterocycles. The van der Waals surface area contributed by atoms with E-state index >= 15 is 0 Å². The zero-order valence-electron chi connectivity index (χ0n) is 13.3. The summed E-state index contributed by atoms with van der Waals surface area (Å²) in [6.45, 7) is 0.705. The number of halogens is 1. The van der Waals surface area contributed by atoms with Crippen LogP contribution in [0.3, 0.4) is 0 Å². The number of aryl methyl sites for hydroxylation is 2. The highest BCUT2D eigenvalue weighted by molar-refractivity contribution is 7.13. The first kappa shape index (κ1) is 15.7. The number of hydrogen-bond acceptors (Lipinski definition) is 4. The highest BCUT2D eigenvalue weighted by atomic mass is 32.1. The van der Waals surface area contributed by atoms with Gasteiger partial charge in [-0.25, -0.2) is 14.1 Å². The minimum absolute atomic E-state index is 0.236. The lowest BCUT2D eigenvalue weighted by Crippen LogP contribution is -2.05. The summed E-state index contributed by atoms with van der Waals surface area (Å²) in [5.74, 6) is -0.236. The number of thiazole rings is 1. The van der Waals surface area contributed by atoms with Crippen molar-refractivity contribution < 1.29 is 4.39 Å². The lowest BCUT2D eigenvalue weighted by atomic mass is 10.2. The van der Waals surface area contributed by atoms with Crippen LogP contribution in [0, 0.1) is 5.82 Å². The van der Waals surface area contributed by atoms with E-state index in [2.05, 4.69) is 15.3 Å². The molecule has 0 radical (unpaired) electrons. The smallest absolute Gasteiger partial charge is 0.123 e. The van der Waals surface area contributed by atoms with Crippen molar-refractivity contribution in [3.63, 3.8) is 0 Å². The Bertz CT molecular complexity index is 961. The number of rotatable bonds is 5. The van der Waals surface area contributed by atoms with Crippen LogP contribution in [0.2, 0.25) is 0 Å². The summed E-state index contributed by atoms with van der Waals surface area (Å²) < 4.78 is 14.9. The molecule has 124 valence electrons. The molecule has 2 heterocycles. The van der Waals surface area contributed by atoms with Gasteiger partial charge >= 0.3 is 0 Å². The van der Waals surface area contributed by atoms with Crippen LogP contribution in [-0.4, -0.2) is 20.0 Å². The molecule has 0 saturated carbocycles. The van der Waals surface area contributed by atoms with Crippen molar-refractivity contribution >= 4 is 11.3 Å². The molecule has 0 bridgehead atoms. The number of aromatic nitrogens is 4. The van der Waals surface area contributed by atoms with Crippen LogP contribution in [0.5, 0.6) is 0 Å². The van der Waals surface area contributed by atoms with Crippen molar-refractivity contribution in [2.24, 2.45) is 0 Å². The topological polar surface area (TPSA) is 43.6 Å². The van der Waals surface area contributed by atoms with E-state index in [1.807, 2.05) is 40.4 Å². The van der Waals surface area contributed by atoms with Gasteiger partial charge in [0.1, 0.15) is 10.8 Å². The van der Waals surface area contributed by atoms with Gasteiger partial charge in [0.05, 0.1) is 17.6 Å². The van der Waals surface area contributed by atoms with Crippen molar-refractivity contribution in [2.75, 3.05) is 0 Å². The van der Waals surface area contributed by atoms with Gasteiger partial charge in [-0.15, -0.1) is 16.4 Å². The lowest BCUT2D eigenvalue weighted by molar-refractivity contribution is 0.590. The maximum Gasteiger partial charge on any atom is 0.123 e. The average Bonchev–Trinajstić information content (AvgIpc) is 3.31. The molecule has 0 unspecified atom stereocenters. The summed E-state index contributed by atoms with van der Waals surface area (Å²) in [5, 5.41) is 11.2. The van der Waals surface area contributed by atoms with Gasteiger partial charge in [0, 0.05) is 29.5 Å². The lowest BCUT2D eigenvalue weighted by Gasteiger charge is -2.05. The molecule has 25 heavy (non-hydrogen) atoms. The van der Waals surface area contributed by atoms with Crippen LogP contribution in [-0.2, 0) is 13.0 Å². The van der Waals surface area contributed by atoms with Crippen LogP contribution in [0.1, 0.15) is 5.69 Å². The van der Waals surface area contributed by atoms with Gasteiger partial charge in [0.25, 0.3) is 0 Å². The molecule has 0 aliphatic carbocycles. The molecule has 4 nitrogen and oxygen atoms in total. The normalized spacial score (nSPS) is 10.9. The summed E-state index contributed by atoms with van der Waals surface area (Å²) in [5.41, 5.74) is 4.02. The zero-order valence-corrected chi connectivity index (χ0v) is 14.2. The second-order valence-corrected chi connectivity index (χ2v) is 6.47. The van der Waals surface area contributed by atoms with Crippen molar-refractivity contribution in [2.45, 2.75) is 13.0 Å². The van der Waals surface area contributed by atoms with E-state index < -0.39 is 0 Å². The van der Waals surface area contributed by atoms with Crippen LogP contribution in [0.15, 0.2) is 66.2 Å². The maximum atomic E-state index is 13.0. The zero-order chi connectivity index (χ0) is 17.1. The molecule has 0 N–H and O–H groups in total. The minimum Gasteiger partial charge on any atom is -0.244 e. The largest absolute Gasteiger partial charge is 0.244 e. The molecule has 0 aliphatic rings. The Morgan fingerprint density at radius 3 is 2.56 bits per heavy atom. The van der Waals surface area contributed by atoms with Gasteiger partial charge in [-0.1, -0.05) is 35.5 Å². The predicted octanol–water partition coefficient (Wildman–Crippen LogP) is 4.45. The van der Waals surface area contributed by atoms with Crippen LogP contribution in [0.4, 0.5) is 4.39 Å². The predicted molar refractivity (Wildman–Crippen MR) is 96.7 cm³/mol. The average molecular weight is 350 g/mol. The Morgan fingerprint density at radius 2 is 1.76 bits per heavy atom. The van der Waals surface area contributed by atoms with E-state index in [4.69, 9.17) is 0 Å². The van der Waals surface area contributed by atoms with Crippen molar-refractivity contribution in [1.29, 1.82) is 0 Å². The summed E-state index contributed by atoms with van der Waals surface area (Å²) in [7, 11) is 0. The summed E-state index contributed by atoms with van der Waals surface area (Å²) in [4.78, 5) is 4.65. The Labute approximate surface area is 148 Å². The third kappa shape index (κ3) is 3.49. The molecule has 0 fully saturated rings. The molecule has 6 heteroatoms. The number of nitrogens with zero attached hydrogens (tertiary/aromatic N) is 4. The molecule has 0 aliphatic heterocycles. The van der Waals surface area contributed by atoms with E-state index in [0.29, 0.717) is 6.54 Å². The van der Waals surface area contributed by atoms with Crippen LogP contribution >= 0.6 is 11.3 Å². The monoisotopic (exact) mass is 350 g/mol. The van der Waals surface area contributed by atoms with Gasteiger partial charge < -0.3 is 0 Å². The first-order chi connectivity index (χ1) is 12.3. The molecular formula is C19H15FN4S. The van der Waals surface area contributed by atoms with E-state index in [-0.39, 0.29) is 5.82 Å². The highest BCUT2D eigenvalue weighted by Crippen LogP contribution is 2.24. The van der Waals surface area contributed by atoms with Gasteiger partial charge in [0.2, 0.25) is 0 Å². The molecule has 0 amide bonds. The summed E-state index contributed by atoms with van der Waals surface area (Å²) >= 11 is 1.57. The van der Waals surface area contributed by atoms with E-state index in [1.165, 1.54) is 12.1 Å². The minimum atomic E-state index is -0.236. The molecular weight excluding hydrogens is 335 g/mol. The second kappa shape index (κ2) is 6.94. The SMILES string of the molecule is Fc1ccc(-c2nc(CCn3nncc3-c3ccccc3)cs2)cc1. The Hall–Kier alpha value is -2.86. The van der Waals surface area contributed by atoms with Gasteiger partial charge in [-0.2, -0.15) is 0 Å². The molecule has 2 aromatic carbocycles. The first-order valence-electron chi connectivity index (χ1n) is 7.94. The Morgan fingerprint density at radius 1 is 0.960 bits per heavy atom. The van der Waals surface area contributed by atoms with E-state index in [0.717, 1.165) is 33.9 Å². The second-order valence-electron chi connectivity index (χ2n) is 5.61. The third-order valence-electron chi connectivity index (χ3n) is 3.91. The number of hydrogen-bond donors (Lipinski definition) is 0. The Balaban J connectivity index is 1.48. The van der Waals surface area contributed by atoms with Gasteiger partial charge in [-0.05, 0) is 24.3 Å². The van der Waals surface area contributed by atoms with Crippen LogP contribution < -0.4 is 0 Å². The number of benzene rings is 2. The maximum absolute atomic E-state index is 13.0. The standard InChI is InChI=1S/C19H15FN4S/c20-16-8-6-15(7-9-16)19-22-17(13-25-19)10-11-24-18(12-21-23-24)14-4-2-1-3-5-14/h1-9,12-13H,10-11H2. The fourth-order valence-corrected chi connectivity index (χ4v) is 3.48. The molecule has 0 spiro atoms. The van der Waals surface area contributed by atoms with Gasteiger partial charge in [0.15, 0.2) is 0 Å². The van der Waals surface area contributed by atoms with Crippen molar-refractivity contribution in [3.05, 3.63) is 77.7 Å². The molecule has 4 aromatic rings. The quantitative estimate of drug-likeness (QED) is 0.534. The Kier molecular flexibility index (Phi) is 4.35. The fourth-order valence-electron chi connectivity index (χ4n) is 2.62. The molecule has 0 saturated heterocycles.